The van der Waals surface area contributed by atoms with E-state index in [1.54, 1.807) is 30.3 Å². The number of carbonyl (C=O) groups is 6. The summed E-state index contributed by atoms with van der Waals surface area (Å²) < 4.78 is 50.4. The molecule has 6 aromatic carbocycles. The van der Waals surface area contributed by atoms with E-state index in [0.717, 1.165) is 60.8 Å². The second-order valence-corrected chi connectivity index (χ2v) is 31.7. The van der Waals surface area contributed by atoms with Gasteiger partial charge in [0.05, 0.1) is 40.9 Å². The van der Waals surface area contributed by atoms with Crippen molar-refractivity contribution in [3.63, 3.8) is 0 Å². The van der Waals surface area contributed by atoms with Crippen molar-refractivity contribution in [3.05, 3.63) is 206 Å². The number of esters is 4. The van der Waals surface area contributed by atoms with E-state index < -0.39 is 33.1 Å². The van der Waals surface area contributed by atoms with E-state index >= 15 is 0 Å². The maximum absolute atomic E-state index is 11.7. The summed E-state index contributed by atoms with van der Waals surface area (Å²) in [5.74, 6) is 0.818. The van der Waals surface area contributed by atoms with Gasteiger partial charge in [0.25, 0.3) is 12.9 Å². The van der Waals surface area contributed by atoms with Crippen LogP contribution in [0.25, 0.3) is 0 Å². The molecule has 0 aromatic heterocycles. The van der Waals surface area contributed by atoms with Gasteiger partial charge in [-0.15, -0.1) is 11.6 Å². The standard InChI is InChI=1S/3C13H15ClO3.C12H14Cl2O.C12H15ClO2.C8H7ClO3.C5H9Br.CH2O3.CH2O2.CH4.Al.Cl2OS.2K.Li.5H/c1-7-13(2,3)10-6-8(14)5-9(11(10)17-7)12(15)16-4;1-7(2)8(3)10-5-9(14)6-11(12(10)15)13(16)17-4;1-9(2)6-7-17-12-5-4-10(14)8-11(12)13(15)16-3;1-7-12(2,3)10-5-9(14)4-8(6-13)11(10)15-7;1-7-12(2,3)10-5-9(13)4-8(6-14)11(10)15-7;1-12-8(11)6-4-5(9)2-3-7(6)10;1-5(2)3-4-6;2-1-4-3;2-1-3;;;1-4(2)3;;;;;;;;/h5-7H,1-4H3;5-6,8,15H,1H2,2-4H3;4-6,8H,7H2,1-3H3;4-5,7H,6H2,1-3H3;4-5,7,14H,6H2,1-3H3;2-4,10H,1H3;3H,4H2,1-2H3;1,3H;1H,(H,2,3);1H4;;;;;;;;;;/q;;;;;;;;;;;;3*+1;;;;2*-1/p-1. The van der Waals surface area contributed by atoms with Crippen molar-refractivity contribution in [1.82, 2.24) is 0 Å². The first-order valence-electron chi connectivity index (χ1n) is 32.7. The van der Waals surface area contributed by atoms with Crippen LogP contribution in [-0.2, 0) is 71.4 Å². The van der Waals surface area contributed by atoms with Crippen LogP contribution in [-0.4, -0.2) is 138 Å². The van der Waals surface area contributed by atoms with Gasteiger partial charge in [0.2, 0.25) is 9.23 Å². The number of hydrogen-bond donors (Lipinski definition) is 4. The fraction of sp³-hybridized carbons (Fsp3) is 0.392. The number of ether oxygens (including phenoxy) is 8. The number of allylic oxidation sites excluding steroid dienone is 4. The first-order chi connectivity index (χ1) is 51.2. The smallest absolute Gasteiger partial charge is 1.00 e. The van der Waals surface area contributed by atoms with Gasteiger partial charge < -0.3 is 71.3 Å². The minimum atomic E-state index is -1.67. The summed E-state index contributed by atoms with van der Waals surface area (Å²) in [4.78, 5) is 65.2. The van der Waals surface area contributed by atoms with E-state index in [1.165, 1.54) is 64.3 Å². The number of alkyl halides is 2. The van der Waals surface area contributed by atoms with Crippen LogP contribution in [0.5, 0.6) is 34.5 Å². The molecular formula is C79H102AlBrCl9K2LiO21S. The molecule has 21 nitrogen and oxygen atoms in total. The number of rotatable bonds is 13. The monoisotopic (exact) mass is 1920 g/mol. The van der Waals surface area contributed by atoms with Crippen molar-refractivity contribution in [2.45, 2.75) is 164 Å². The number of phenols is 2. The first kappa shape index (κ1) is 124. The number of carbonyl (C=O) groups excluding carboxylic acids is 5. The number of halogens is 10. The molecule has 0 amide bonds. The molecule has 0 radical (unpaired) electrons. The summed E-state index contributed by atoms with van der Waals surface area (Å²) in [6.07, 6.45) is 4.32. The molecule has 0 saturated heterocycles. The molecule has 4 unspecified atom stereocenters. The Morgan fingerprint density at radius 2 is 0.930 bits per heavy atom. The van der Waals surface area contributed by atoms with Gasteiger partial charge in [-0.25, -0.2) is 23.4 Å². The number of benzene rings is 6. The quantitative estimate of drug-likeness (QED) is 0.00961. The number of fused-ring (bicyclic) bond motifs is 3. The number of phenolic OH excluding ortho intramolecular Hbond substituents is 2. The van der Waals surface area contributed by atoms with Crippen LogP contribution in [0.2, 0.25) is 30.1 Å². The van der Waals surface area contributed by atoms with Crippen LogP contribution in [0.3, 0.4) is 0 Å². The Labute approximate surface area is 841 Å². The Kier molecular flexibility index (Phi) is 66.5. The molecule has 6 aromatic rings. The maximum atomic E-state index is 11.7. The summed E-state index contributed by atoms with van der Waals surface area (Å²) in [5, 5.41) is 47.9. The molecule has 9 rings (SSSR count). The van der Waals surface area contributed by atoms with Crippen LogP contribution in [0.15, 0.2) is 120 Å². The summed E-state index contributed by atoms with van der Waals surface area (Å²) in [6.45, 7) is 34.4. The normalized spacial score (nSPS) is 14.1. The first-order valence-corrected chi connectivity index (χ1v) is 39.4. The van der Waals surface area contributed by atoms with E-state index in [1.807, 2.05) is 71.9 Å². The van der Waals surface area contributed by atoms with Crippen molar-refractivity contribution in [3.8, 4) is 34.5 Å². The summed E-state index contributed by atoms with van der Waals surface area (Å²) in [5.41, 5.74) is 9.60. The third kappa shape index (κ3) is 40.7. The molecule has 0 bridgehead atoms. The minimum Gasteiger partial charge on any atom is -1.00 e. The van der Waals surface area contributed by atoms with E-state index in [4.69, 9.17) is 129 Å². The average Bonchev–Trinajstić information content (AvgIpc) is 1.63. The summed E-state index contributed by atoms with van der Waals surface area (Å²) in [6, 6.07) is 23.0. The topological polar surface area (TPSA) is 307 Å². The Morgan fingerprint density at radius 1 is 0.600 bits per heavy atom. The second kappa shape index (κ2) is 61.9. The van der Waals surface area contributed by atoms with E-state index in [9.17, 15) is 34.5 Å². The molecule has 3 heterocycles. The molecular weight excluding hydrogens is 1830 g/mol. The van der Waals surface area contributed by atoms with Crippen molar-refractivity contribution >= 4 is 182 Å². The SMILES string of the molecule is C.C=C(C)C(C)c1cc(Cl)cc(C(=O)OC)c1O.CC(C)=CCBr.CC1Oc2c(CCl)cc(Cl)cc2C1(C)C.CC1Oc2c(CO)cc(Cl)cc2C1(C)C.COC(=O)c1cc(Cl)cc2c1OC(C)C2(C)C.COC(=O)c1cc(Cl)ccc1O.COC(=O)c1cc(Cl)ccc1OCC=C(C)C.O=CO.O=CO[O-].O=S(Cl)Cl.[AlH3].[H-].[H-].[K+].[K+].[Li+]. The molecule has 0 fully saturated rings. The summed E-state index contributed by atoms with van der Waals surface area (Å²) >= 11 is 44.6. The Hall–Kier alpha value is -2.28. The van der Waals surface area contributed by atoms with E-state index in [0.29, 0.717) is 65.8 Å². The van der Waals surface area contributed by atoms with Crippen LogP contribution < -0.4 is 146 Å². The summed E-state index contributed by atoms with van der Waals surface area (Å²) in [7, 11) is 12.5. The van der Waals surface area contributed by atoms with Gasteiger partial charge in [-0.2, -0.15) is 0 Å². The largest absolute Gasteiger partial charge is 1.00 e. The Balaban J connectivity index is -0.000000193. The maximum Gasteiger partial charge on any atom is 1.00 e. The number of carboxylic acid groups (broad SMARTS) is 1. The second-order valence-electron chi connectivity index (χ2n) is 25.7. The molecule has 0 saturated carbocycles. The molecule has 626 valence electrons. The molecule has 0 aliphatic carbocycles. The van der Waals surface area contributed by atoms with Crippen molar-refractivity contribution in [2.24, 2.45) is 0 Å². The van der Waals surface area contributed by atoms with Crippen LogP contribution in [0.1, 0.15) is 195 Å². The van der Waals surface area contributed by atoms with Crippen molar-refractivity contribution in [1.29, 1.82) is 0 Å². The Morgan fingerprint density at radius 3 is 1.30 bits per heavy atom. The van der Waals surface area contributed by atoms with E-state index in [2.05, 4.69) is 131 Å². The molecule has 115 heavy (non-hydrogen) atoms. The van der Waals surface area contributed by atoms with Gasteiger partial charge in [0.1, 0.15) is 81.7 Å². The van der Waals surface area contributed by atoms with E-state index in [-0.39, 0.29) is 232 Å². The Bertz CT molecular complexity index is 4130. The predicted molar refractivity (Wildman–Crippen MR) is 458 cm³/mol. The molecule has 0 spiro atoms. The zero-order valence-corrected chi connectivity index (χ0v) is 82.6. The predicted octanol–water partition coefficient (Wildman–Crippen LogP) is 11.2. The van der Waals surface area contributed by atoms with Crippen LogP contribution in [0.4, 0.5) is 0 Å². The van der Waals surface area contributed by atoms with Gasteiger partial charge in [-0.1, -0.05) is 171 Å². The fourth-order valence-corrected chi connectivity index (χ4v) is 11.6. The van der Waals surface area contributed by atoms with Crippen LogP contribution >= 0.6 is 119 Å². The third-order valence-corrected chi connectivity index (χ3v) is 18.7. The van der Waals surface area contributed by atoms with Crippen molar-refractivity contribution in [2.75, 3.05) is 40.4 Å². The number of aromatic hydroxyl groups is 2. The molecule has 4 atom stereocenters. The van der Waals surface area contributed by atoms with Gasteiger partial charge in [0.15, 0.2) is 17.4 Å². The fourth-order valence-electron chi connectivity index (χ4n) is 9.46. The number of hydrogen-bond acceptors (Lipinski definition) is 20. The average molecular weight is 1930 g/mol. The zero-order valence-electron chi connectivity index (χ0n) is 69.2. The molecule has 4 N–H and O–H groups in total. The van der Waals surface area contributed by atoms with Crippen LogP contribution in [0, 0.1) is 0 Å². The molecule has 3 aliphatic heterocycles. The van der Waals surface area contributed by atoms with Gasteiger partial charge in [-0.05, 0) is 146 Å². The van der Waals surface area contributed by atoms with Gasteiger partial charge in [-0.3, -0.25) is 9.59 Å². The van der Waals surface area contributed by atoms with Gasteiger partial charge in [0, 0.05) is 112 Å². The van der Waals surface area contributed by atoms with Crippen molar-refractivity contribution < 1.29 is 226 Å². The minimum absolute atomic E-state index is 0. The van der Waals surface area contributed by atoms with Gasteiger partial charge >= 0.3 is 146 Å². The number of aliphatic hydroxyl groups excluding tert-OH is 1. The molecule has 3 aliphatic rings. The zero-order chi connectivity index (χ0) is 85.1. The molecule has 36 heteroatoms. The number of methoxy groups -OCH3 is 4. The number of aliphatic hydroxyl groups is 1. The third-order valence-electron chi connectivity index (χ3n) is 16.7.